The molecule has 3 heteroatoms. The van der Waals surface area contributed by atoms with Crippen molar-refractivity contribution in [2.75, 3.05) is 13.2 Å². The second-order valence-electron chi connectivity index (χ2n) is 5.73. The minimum Gasteiger partial charge on any atom is -0.374 e. The maximum atomic E-state index is 5.89. The number of aromatic nitrogens is 1. The molecule has 1 aromatic heterocycles. The van der Waals surface area contributed by atoms with Gasteiger partial charge in [-0.15, -0.1) is 0 Å². The summed E-state index contributed by atoms with van der Waals surface area (Å²) in [6.45, 7) is 12.1. The average molecular weight is 250 g/mol. The number of rotatable bonds is 6. The summed E-state index contributed by atoms with van der Waals surface area (Å²) in [5.41, 5.74) is 2.28. The monoisotopic (exact) mass is 250 g/mol. The Balaban J connectivity index is 2.71. The standard InChI is InChI=1S/C15H26N2O/c1-6-7-17-14(11-18-15(3,4)5)13-8-12(2)9-16-10-13/h8-10,14,17H,6-7,11H2,1-5H3. The Kier molecular flexibility index (Phi) is 5.76. The number of nitrogens with zero attached hydrogens (tertiary/aromatic N) is 1. The number of nitrogens with one attached hydrogen (secondary N) is 1. The number of aryl methyl sites for hydroxylation is 1. The van der Waals surface area contributed by atoms with E-state index < -0.39 is 0 Å². The molecule has 0 bridgehead atoms. The van der Waals surface area contributed by atoms with Gasteiger partial charge in [0.25, 0.3) is 0 Å². The summed E-state index contributed by atoms with van der Waals surface area (Å²) in [7, 11) is 0. The van der Waals surface area contributed by atoms with Gasteiger partial charge in [-0.1, -0.05) is 13.0 Å². The normalized spacial score (nSPS) is 13.6. The van der Waals surface area contributed by atoms with Gasteiger partial charge >= 0.3 is 0 Å². The molecule has 0 radical (unpaired) electrons. The molecule has 1 atom stereocenters. The van der Waals surface area contributed by atoms with Crippen LogP contribution in [0.5, 0.6) is 0 Å². The number of hydrogen-bond donors (Lipinski definition) is 1. The maximum Gasteiger partial charge on any atom is 0.0669 e. The third kappa shape index (κ3) is 5.61. The molecule has 0 fully saturated rings. The van der Waals surface area contributed by atoms with Crippen molar-refractivity contribution in [2.45, 2.75) is 52.7 Å². The Hall–Kier alpha value is -0.930. The zero-order chi connectivity index (χ0) is 13.6. The first-order valence-electron chi connectivity index (χ1n) is 6.71. The van der Waals surface area contributed by atoms with Crippen molar-refractivity contribution in [3.63, 3.8) is 0 Å². The molecule has 0 aliphatic heterocycles. The molecule has 1 unspecified atom stereocenters. The Morgan fingerprint density at radius 3 is 2.61 bits per heavy atom. The summed E-state index contributed by atoms with van der Waals surface area (Å²) in [5.74, 6) is 0. The first-order chi connectivity index (χ1) is 8.42. The first kappa shape index (κ1) is 15.1. The Bertz CT molecular complexity index is 358. The lowest BCUT2D eigenvalue weighted by Gasteiger charge is -2.25. The summed E-state index contributed by atoms with van der Waals surface area (Å²) >= 11 is 0. The van der Waals surface area contributed by atoms with Crippen LogP contribution in [-0.2, 0) is 4.74 Å². The van der Waals surface area contributed by atoms with E-state index in [-0.39, 0.29) is 11.6 Å². The molecule has 0 saturated carbocycles. The summed E-state index contributed by atoms with van der Waals surface area (Å²) in [6.07, 6.45) is 4.92. The first-order valence-corrected chi connectivity index (χ1v) is 6.71. The second kappa shape index (κ2) is 6.86. The molecule has 3 nitrogen and oxygen atoms in total. The Labute approximate surface area is 111 Å². The van der Waals surface area contributed by atoms with Gasteiger partial charge in [-0.05, 0) is 51.8 Å². The molecular weight excluding hydrogens is 224 g/mol. The van der Waals surface area contributed by atoms with Gasteiger partial charge in [0.15, 0.2) is 0 Å². The molecule has 0 amide bonds. The van der Waals surface area contributed by atoms with Gasteiger partial charge in [0.2, 0.25) is 0 Å². The largest absolute Gasteiger partial charge is 0.374 e. The van der Waals surface area contributed by atoms with Crippen molar-refractivity contribution in [3.8, 4) is 0 Å². The van der Waals surface area contributed by atoms with E-state index >= 15 is 0 Å². The lowest BCUT2D eigenvalue weighted by atomic mass is 10.1. The van der Waals surface area contributed by atoms with E-state index in [1.54, 1.807) is 0 Å². The van der Waals surface area contributed by atoms with Crippen LogP contribution in [0.25, 0.3) is 0 Å². The SMILES string of the molecule is CCCNC(COC(C)(C)C)c1cncc(C)c1. The maximum absolute atomic E-state index is 5.89. The minimum absolute atomic E-state index is 0.108. The molecule has 102 valence electrons. The fourth-order valence-corrected chi connectivity index (χ4v) is 1.69. The lowest BCUT2D eigenvalue weighted by molar-refractivity contribution is -0.0148. The molecule has 18 heavy (non-hydrogen) atoms. The Morgan fingerprint density at radius 1 is 1.33 bits per heavy atom. The van der Waals surface area contributed by atoms with Gasteiger partial charge in [-0.3, -0.25) is 4.98 Å². The molecule has 0 aliphatic rings. The van der Waals surface area contributed by atoms with E-state index in [0.717, 1.165) is 13.0 Å². The van der Waals surface area contributed by atoms with Crippen molar-refractivity contribution < 1.29 is 4.74 Å². The second-order valence-corrected chi connectivity index (χ2v) is 5.73. The van der Waals surface area contributed by atoms with Gasteiger partial charge in [0.05, 0.1) is 18.2 Å². The van der Waals surface area contributed by atoms with Gasteiger partial charge in [0.1, 0.15) is 0 Å². The van der Waals surface area contributed by atoms with Crippen LogP contribution in [0.15, 0.2) is 18.5 Å². The molecule has 0 aromatic carbocycles. The van der Waals surface area contributed by atoms with Crippen molar-refractivity contribution in [1.82, 2.24) is 10.3 Å². The molecule has 1 rings (SSSR count). The van der Waals surface area contributed by atoms with E-state index in [1.807, 2.05) is 12.4 Å². The van der Waals surface area contributed by atoms with Crippen molar-refractivity contribution in [3.05, 3.63) is 29.6 Å². The lowest BCUT2D eigenvalue weighted by Crippen LogP contribution is -2.31. The van der Waals surface area contributed by atoms with Gasteiger partial charge in [-0.25, -0.2) is 0 Å². The van der Waals surface area contributed by atoms with Gasteiger partial charge in [0, 0.05) is 12.4 Å². The average Bonchev–Trinajstić information content (AvgIpc) is 2.28. The number of ether oxygens (including phenoxy) is 1. The predicted molar refractivity (Wildman–Crippen MR) is 75.7 cm³/mol. The molecular formula is C15H26N2O. The van der Waals surface area contributed by atoms with Crippen molar-refractivity contribution in [2.24, 2.45) is 0 Å². The van der Waals surface area contributed by atoms with Crippen molar-refractivity contribution >= 4 is 0 Å². The van der Waals surface area contributed by atoms with Crippen LogP contribution in [0.2, 0.25) is 0 Å². The third-order valence-electron chi connectivity index (χ3n) is 2.62. The Morgan fingerprint density at radius 2 is 2.06 bits per heavy atom. The van der Waals surface area contributed by atoms with Crippen LogP contribution in [0.3, 0.4) is 0 Å². The van der Waals surface area contributed by atoms with E-state index in [1.165, 1.54) is 11.1 Å². The van der Waals surface area contributed by atoms with Gasteiger partial charge < -0.3 is 10.1 Å². The zero-order valence-corrected chi connectivity index (χ0v) is 12.3. The highest BCUT2D eigenvalue weighted by atomic mass is 16.5. The van der Waals surface area contributed by atoms with Crippen molar-refractivity contribution in [1.29, 1.82) is 0 Å². The van der Waals surface area contributed by atoms with E-state index in [4.69, 9.17) is 4.74 Å². The van der Waals surface area contributed by atoms with Crippen LogP contribution in [0.1, 0.15) is 51.3 Å². The fraction of sp³-hybridized carbons (Fsp3) is 0.667. The van der Waals surface area contributed by atoms with Crippen LogP contribution in [0, 0.1) is 6.92 Å². The summed E-state index contributed by atoms with van der Waals surface area (Å²) in [5, 5.41) is 3.52. The molecule has 1 heterocycles. The zero-order valence-electron chi connectivity index (χ0n) is 12.3. The van der Waals surface area contributed by atoms with Crippen LogP contribution in [0.4, 0.5) is 0 Å². The number of pyridine rings is 1. The van der Waals surface area contributed by atoms with Crippen LogP contribution >= 0.6 is 0 Å². The summed E-state index contributed by atoms with van der Waals surface area (Å²) in [6, 6.07) is 2.39. The van der Waals surface area contributed by atoms with E-state index in [9.17, 15) is 0 Å². The molecule has 0 spiro atoms. The molecule has 0 saturated heterocycles. The fourth-order valence-electron chi connectivity index (χ4n) is 1.69. The summed E-state index contributed by atoms with van der Waals surface area (Å²) < 4.78 is 5.89. The minimum atomic E-state index is -0.108. The highest BCUT2D eigenvalue weighted by Gasteiger charge is 2.16. The predicted octanol–water partition coefficient (Wildman–Crippen LogP) is 3.25. The van der Waals surface area contributed by atoms with E-state index in [2.05, 4.69) is 51.0 Å². The molecule has 1 N–H and O–H groups in total. The number of hydrogen-bond acceptors (Lipinski definition) is 3. The van der Waals surface area contributed by atoms with E-state index in [0.29, 0.717) is 6.61 Å². The quantitative estimate of drug-likeness (QED) is 0.841. The highest BCUT2D eigenvalue weighted by Crippen LogP contribution is 2.17. The smallest absolute Gasteiger partial charge is 0.0669 e. The van der Waals surface area contributed by atoms with Gasteiger partial charge in [-0.2, -0.15) is 0 Å². The highest BCUT2D eigenvalue weighted by molar-refractivity contribution is 5.20. The van der Waals surface area contributed by atoms with Crippen LogP contribution < -0.4 is 5.32 Å². The topological polar surface area (TPSA) is 34.1 Å². The molecule has 1 aromatic rings. The third-order valence-corrected chi connectivity index (χ3v) is 2.62. The van der Waals surface area contributed by atoms with Crippen LogP contribution in [-0.4, -0.2) is 23.7 Å². The summed E-state index contributed by atoms with van der Waals surface area (Å²) in [4.78, 5) is 4.26. The molecule has 0 aliphatic carbocycles.